The summed E-state index contributed by atoms with van der Waals surface area (Å²) in [5.41, 5.74) is 0.706. The summed E-state index contributed by atoms with van der Waals surface area (Å²) < 4.78 is 13.0. The summed E-state index contributed by atoms with van der Waals surface area (Å²) in [6.45, 7) is 2.89. The summed E-state index contributed by atoms with van der Waals surface area (Å²) >= 11 is 0. The first kappa shape index (κ1) is 7.68. The number of pyridine rings is 1. The molecule has 1 aliphatic rings. The molecule has 12 heavy (non-hydrogen) atoms. The molecule has 0 aromatic carbocycles. The second-order valence-corrected chi connectivity index (χ2v) is 3.08. The Morgan fingerprint density at radius 1 is 1.50 bits per heavy atom. The average Bonchev–Trinajstić information content (AvgIpc) is 2.00. The van der Waals surface area contributed by atoms with E-state index in [-0.39, 0.29) is 5.95 Å². The molecule has 1 aromatic heterocycles. The molecule has 0 spiro atoms. The zero-order valence-corrected chi connectivity index (χ0v) is 6.83. The number of rotatable bonds is 2. The molecule has 1 fully saturated rings. The van der Waals surface area contributed by atoms with Gasteiger partial charge in [0.1, 0.15) is 0 Å². The normalized spacial score (nSPS) is 17.4. The molecular weight excluding hydrogens is 155 g/mol. The number of aromatic nitrogens is 1. The number of hydrogen-bond donors (Lipinski definition) is 0. The highest BCUT2D eigenvalue weighted by Gasteiger charge is 2.15. The van der Waals surface area contributed by atoms with Gasteiger partial charge in [-0.2, -0.15) is 4.39 Å². The van der Waals surface area contributed by atoms with Gasteiger partial charge in [0, 0.05) is 18.3 Å². The van der Waals surface area contributed by atoms with Gasteiger partial charge in [-0.1, -0.05) is 6.07 Å². The molecule has 0 amide bonds. The van der Waals surface area contributed by atoms with E-state index in [4.69, 9.17) is 0 Å². The van der Waals surface area contributed by atoms with Gasteiger partial charge < -0.3 is 0 Å². The molecule has 2 heterocycles. The Kier molecular flexibility index (Phi) is 2.04. The maximum Gasteiger partial charge on any atom is 0.217 e. The van der Waals surface area contributed by atoms with Crippen LogP contribution in [0.4, 0.5) is 4.39 Å². The van der Waals surface area contributed by atoms with Crippen molar-refractivity contribution in [2.75, 3.05) is 13.1 Å². The van der Waals surface area contributed by atoms with Crippen molar-refractivity contribution in [3.63, 3.8) is 0 Å². The summed E-state index contributed by atoms with van der Waals surface area (Å²) in [6.07, 6.45) is 2.72. The van der Waals surface area contributed by atoms with Crippen molar-refractivity contribution < 1.29 is 4.39 Å². The van der Waals surface area contributed by atoms with E-state index in [9.17, 15) is 4.39 Å². The lowest BCUT2D eigenvalue weighted by Crippen LogP contribution is -2.36. The van der Waals surface area contributed by atoms with E-state index in [2.05, 4.69) is 9.88 Å². The van der Waals surface area contributed by atoms with Crippen molar-refractivity contribution >= 4 is 0 Å². The van der Waals surface area contributed by atoms with Gasteiger partial charge in [-0.15, -0.1) is 0 Å². The third-order valence-corrected chi connectivity index (χ3v) is 2.18. The van der Waals surface area contributed by atoms with Crippen LogP contribution in [0.1, 0.15) is 12.0 Å². The predicted octanol–water partition coefficient (Wildman–Crippen LogP) is 1.43. The fraction of sp³-hybridized carbons (Fsp3) is 0.444. The van der Waals surface area contributed by atoms with Crippen LogP contribution in [0.3, 0.4) is 0 Å². The fourth-order valence-electron chi connectivity index (χ4n) is 1.32. The first-order valence-corrected chi connectivity index (χ1v) is 4.18. The third kappa shape index (κ3) is 1.46. The molecule has 1 saturated heterocycles. The van der Waals surface area contributed by atoms with E-state index in [1.807, 2.05) is 0 Å². The van der Waals surface area contributed by atoms with Gasteiger partial charge in [0.25, 0.3) is 0 Å². The van der Waals surface area contributed by atoms with Gasteiger partial charge in [0.05, 0.1) is 0 Å². The predicted molar refractivity (Wildman–Crippen MR) is 44.1 cm³/mol. The van der Waals surface area contributed by atoms with Crippen LogP contribution in [-0.4, -0.2) is 23.0 Å². The van der Waals surface area contributed by atoms with Crippen molar-refractivity contribution in [3.8, 4) is 0 Å². The molecule has 0 unspecified atom stereocenters. The molecule has 0 saturated carbocycles. The molecule has 0 radical (unpaired) electrons. The van der Waals surface area contributed by atoms with Crippen LogP contribution >= 0.6 is 0 Å². The van der Waals surface area contributed by atoms with E-state index in [1.165, 1.54) is 12.6 Å². The molecule has 0 aliphatic carbocycles. The molecule has 0 bridgehead atoms. The van der Waals surface area contributed by atoms with Crippen LogP contribution in [-0.2, 0) is 6.54 Å². The minimum absolute atomic E-state index is 0.329. The second kappa shape index (κ2) is 3.19. The smallest absolute Gasteiger partial charge is 0.217 e. The largest absolute Gasteiger partial charge is 0.299 e. The highest BCUT2D eigenvalue weighted by atomic mass is 19.1. The summed E-state index contributed by atoms with van der Waals surface area (Å²) in [5.74, 6) is -0.329. The van der Waals surface area contributed by atoms with Gasteiger partial charge in [-0.05, 0) is 25.6 Å². The number of nitrogens with zero attached hydrogens (tertiary/aromatic N) is 2. The topological polar surface area (TPSA) is 16.1 Å². The van der Waals surface area contributed by atoms with Crippen LogP contribution in [0.25, 0.3) is 0 Å². The molecule has 2 rings (SSSR count). The lowest BCUT2D eigenvalue weighted by Gasteiger charge is -2.30. The molecule has 64 valence electrons. The Hall–Kier alpha value is -0.960. The fourth-order valence-corrected chi connectivity index (χ4v) is 1.32. The Morgan fingerprint density at radius 3 is 2.92 bits per heavy atom. The van der Waals surface area contributed by atoms with Crippen molar-refractivity contribution in [2.24, 2.45) is 0 Å². The van der Waals surface area contributed by atoms with Crippen LogP contribution < -0.4 is 0 Å². The minimum Gasteiger partial charge on any atom is -0.299 e. The van der Waals surface area contributed by atoms with Crippen molar-refractivity contribution in [1.29, 1.82) is 0 Å². The van der Waals surface area contributed by atoms with Gasteiger partial charge in [-0.25, -0.2) is 4.98 Å². The maximum atomic E-state index is 13.0. The Balaban J connectivity index is 2.06. The molecule has 2 nitrogen and oxygen atoms in total. The number of likely N-dealkylation sites (tertiary alicyclic amines) is 1. The molecule has 0 atom stereocenters. The molecular formula is C9H11FN2. The van der Waals surface area contributed by atoms with Crippen molar-refractivity contribution in [1.82, 2.24) is 9.88 Å². The Morgan fingerprint density at radius 2 is 2.33 bits per heavy atom. The van der Waals surface area contributed by atoms with Crippen LogP contribution in [0, 0.1) is 5.95 Å². The van der Waals surface area contributed by atoms with Gasteiger partial charge in [-0.3, -0.25) is 4.90 Å². The standard InChI is InChI=1S/C9H11FN2/c10-9-8(3-1-4-11-9)7-12-5-2-6-12/h1,3-4H,2,5-7H2. The quantitative estimate of drug-likeness (QED) is 0.618. The molecule has 1 aliphatic heterocycles. The van der Waals surface area contributed by atoms with Gasteiger partial charge in [0.15, 0.2) is 0 Å². The Labute approximate surface area is 71.0 Å². The minimum atomic E-state index is -0.329. The van der Waals surface area contributed by atoms with Crippen LogP contribution in [0.5, 0.6) is 0 Å². The van der Waals surface area contributed by atoms with Crippen LogP contribution in [0.15, 0.2) is 18.3 Å². The van der Waals surface area contributed by atoms with E-state index in [0.717, 1.165) is 13.1 Å². The van der Waals surface area contributed by atoms with E-state index in [0.29, 0.717) is 12.1 Å². The average molecular weight is 166 g/mol. The molecule has 1 aromatic rings. The lowest BCUT2D eigenvalue weighted by molar-refractivity contribution is 0.170. The number of hydrogen-bond acceptors (Lipinski definition) is 2. The summed E-state index contributed by atoms with van der Waals surface area (Å²) in [4.78, 5) is 5.81. The summed E-state index contributed by atoms with van der Waals surface area (Å²) in [5, 5.41) is 0. The monoisotopic (exact) mass is 166 g/mol. The van der Waals surface area contributed by atoms with Crippen molar-refractivity contribution in [2.45, 2.75) is 13.0 Å². The summed E-state index contributed by atoms with van der Waals surface area (Å²) in [6, 6.07) is 3.57. The summed E-state index contributed by atoms with van der Waals surface area (Å²) in [7, 11) is 0. The first-order valence-electron chi connectivity index (χ1n) is 4.18. The first-order chi connectivity index (χ1) is 5.86. The maximum absolute atomic E-state index is 13.0. The SMILES string of the molecule is Fc1ncccc1CN1CCC1. The highest BCUT2D eigenvalue weighted by molar-refractivity contribution is 5.10. The van der Waals surface area contributed by atoms with Gasteiger partial charge in [0.2, 0.25) is 5.95 Å². The molecule has 3 heteroatoms. The zero-order chi connectivity index (χ0) is 8.39. The van der Waals surface area contributed by atoms with E-state index in [1.54, 1.807) is 12.1 Å². The third-order valence-electron chi connectivity index (χ3n) is 2.18. The van der Waals surface area contributed by atoms with Crippen molar-refractivity contribution in [3.05, 3.63) is 29.8 Å². The highest BCUT2D eigenvalue weighted by Crippen LogP contribution is 2.12. The van der Waals surface area contributed by atoms with Crippen LogP contribution in [0.2, 0.25) is 0 Å². The molecule has 0 N–H and O–H groups in total. The van der Waals surface area contributed by atoms with E-state index < -0.39 is 0 Å². The van der Waals surface area contributed by atoms with E-state index >= 15 is 0 Å². The zero-order valence-electron chi connectivity index (χ0n) is 6.83. The lowest BCUT2D eigenvalue weighted by atomic mass is 10.2. The number of halogens is 1. The second-order valence-electron chi connectivity index (χ2n) is 3.08. The Bertz CT molecular complexity index is 271. The van der Waals surface area contributed by atoms with Gasteiger partial charge >= 0.3 is 0 Å².